The summed E-state index contributed by atoms with van der Waals surface area (Å²) in [5, 5.41) is 4.09. The number of nitrogens with zero attached hydrogens (tertiary/aromatic N) is 1. The second-order valence-electron chi connectivity index (χ2n) is 5.98. The highest BCUT2D eigenvalue weighted by atomic mass is 32.2. The zero-order valence-electron chi connectivity index (χ0n) is 14.8. The van der Waals surface area contributed by atoms with Gasteiger partial charge in [0.15, 0.2) is 0 Å². The summed E-state index contributed by atoms with van der Waals surface area (Å²) in [6.07, 6.45) is 0. The Balaban J connectivity index is 1.70. The molecule has 2 aromatic rings. The first kappa shape index (κ1) is 19.3. The molecular formula is C18H24N2O4S2. The molecule has 1 unspecified atom stereocenters. The molecule has 2 heterocycles. The Morgan fingerprint density at radius 2 is 1.96 bits per heavy atom. The van der Waals surface area contributed by atoms with Gasteiger partial charge < -0.3 is 9.47 Å². The molecule has 142 valence electrons. The number of rotatable bonds is 8. The molecule has 1 aromatic carbocycles. The standard InChI is InChI=1S/C18H24N2O4S2/c1-2-24-16-3-5-17(6-4-16)26(21,22)19-13-18(15-7-12-25-14-15)20-8-10-23-11-9-20/h3-7,12,14,18-19H,2,8-11,13H2,1H3. The first-order valence-corrected chi connectivity index (χ1v) is 11.1. The largest absolute Gasteiger partial charge is 0.494 e. The average Bonchev–Trinajstić information content (AvgIpc) is 3.18. The Morgan fingerprint density at radius 1 is 1.23 bits per heavy atom. The summed E-state index contributed by atoms with van der Waals surface area (Å²) in [7, 11) is -3.58. The van der Waals surface area contributed by atoms with Gasteiger partial charge in [-0.05, 0) is 53.6 Å². The van der Waals surface area contributed by atoms with Gasteiger partial charge in [-0.1, -0.05) is 0 Å². The molecule has 3 rings (SSSR count). The van der Waals surface area contributed by atoms with Crippen molar-refractivity contribution in [1.82, 2.24) is 9.62 Å². The number of hydrogen-bond acceptors (Lipinski definition) is 6. The van der Waals surface area contributed by atoms with Crippen molar-refractivity contribution in [2.24, 2.45) is 0 Å². The summed E-state index contributed by atoms with van der Waals surface area (Å²) in [5.41, 5.74) is 1.13. The molecule has 1 aromatic heterocycles. The van der Waals surface area contributed by atoms with E-state index in [4.69, 9.17) is 9.47 Å². The summed E-state index contributed by atoms with van der Waals surface area (Å²) < 4.78 is 38.9. The van der Waals surface area contributed by atoms with E-state index >= 15 is 0 Å². The maximum absolute atomic E-state index is 12.7. The van der Waals surface area contributed by atoms with Gasteiger partial charge in [-0.25, -0.2) is 13.1 Å². The minimum atomic E-state index is -3.58. The lowest BCUT2D eigenvalue weighted by molar-refractivity contribution is 0.0173. The van der Waals surface area contributed by atoms with Crippen molar-refractivity contribution in [1.29, 1.82) is 0 Å². The van der Waals surface area contributed by atoms with Crippen LogP contribution in [0.3, 0.4) is 0 Å². The van der Waals surface area contributed by atoms with E-state index in [-0.39, 0.29) is 10.9 Å². The molecule has 1 saturated heterocycles. The summed E-state index contributed by atoms with van der Waals surface area (Å²) >= 11 is 1.62. The minimum Gasteiger partial charge on any atom is -0.494 e. The molecular weight excluding hydrogens is 372 g/mol. The van der Waals surface area contributed by atoms with E-state index in [0.29, 0.717) is 32.1 Å². The van der Waals surface area contributed by atoms with E-state index in [1.165, 1.54) is 0 Å². The fraction of sp³-hybridized carbons (Fsp3) is 0.444. The fourth-order valence-corrected chi connectivity index (χ4v) is 4.71. The number of thiophene rings is 1. The topological polar surface area (TPSA) is 67.9 Å². The second-order valence-corrected chi connectivity index (χ2v) is 8.52. The third-order valence-electron chi connectivity index (χ3n) is 4.33. The van der Waals surface area contributed by atoms with Crippen LogP contribution in [0.4, 0.5) is 0 Å². The van der Waals surface area contributed by atoms with Crippen molar-refractivity contribution in [2.45, 2.75) is 17.9 Å². The zero-order chi connectivity index (χ0) is 18.4. The van der Waals surface area contributed by atoms with Crippen LogP contribution in [0.5, 0.6) is 5.75 Å². The maximum atomic E-state index is 12.7. The highest BCUT2D eigenvalue weighted by Gasteiger charge is 2.25. The van der Waals surface area contributed by atoms with Crippen molar-refractivity contribution in [3.63, 3.8) is 0 Å². The van der Waals surface area contributed by atoms with Crippen molar-refractivity contribution in [2.75, 3.05) is 39.5 Å². The molecule has 0 bridgehead atoms. The average molecular weight is 397 g/mol. The smallest absolute Gasteiger partial charge is 0.240 e. The highest BCUT2D eigenvalue weighted by Crippen LogP contribution is 2.24. The van der Waals surface area contributed by atoms with E-state index < -0.39 is 10.0 Å². The lowest BCUT2D eigenvalue weighted by Crippen LogP contribution is -2.43. The Bertz CT molecular complexity index is 770. The molecule has 0 radical (unpaired) electrons. The SMILES string of the molecule is CCOc1ccc(S(=O)(=O)NCC(c2ccsc2)N2CCOCC2)cc1. The second kappa shape index (κ2) is 8.96. The highest BCUT2D eigenvalue weighted by molar-refractivity contribution is 7.89. The number of sulfonamides is 1. The number of benzene rings is 1. The Kier molecular flexibility index (Phi) is 6.66. The van der Waals surface area contributed by atoms with Crippen LogP contribution in [0.25, 0.3) is 0 Å². The van der Waals surface area contributed by atoms with Crippen LogP contribution in [0.15, 0.2) is 46.0 Å². The Morgan fingerprint density at radius 3 is 2.58 bits per heavy atom. The van der Waals surface area contributed by atoms with E-state index in [0.717, 1.165) is 18.7 Å². The molecule has 8 heteroatoms. The van der Waals surface area contributed by atoms with E-state index in [1.54, 1.807) is 35.6 Å². The lowest BCUT2D eigenvalue weighted by Gasteiger charge is -2.34. The van der Waals surface area contributed by atoms with Gasteiger partial charge in [-0.2, -0.15) is 11.3 Å². The minimum absolute atomic E-state index is 0.00243. The van der Waals surface area contributed by atoms with Crippen LogP contribution in [-0.4, -0.2) is 52.8 Å². The third kappa shape index (κ3) is 4.83. The number of hydrogen-bond donors (Lipinski definition) is 1. The van der Waals surface area contributed by atoms with Gasteiger partial charge in [0.1, 0.15) is 5.75 Å². The third-order valence-corrected chi connectivity index (χ3v) is 6.47. The molecule has 1 aliphatic rings. The van der Waals surface area contributed by atoms with Gasteiger partial charge in [0.25, 0.3) is 0 Å². The molecule has 1 aliphatic heterocycles. The molecule has 1 N–H and O–H groups in total. The molecule has 26 heavy (non-hydrogen) atoms. The summed E-state index contributed by atoms with van der Waals surface area (Å²) in [6.45, 7) is 5.70. The van der Waals surface area contributed by atoms with Crippen molar-refractivity contribution in [3.05, 3.63) is 46.7 Å². The van der Waals surface area contributed by atoms with Crippen LogP contribution in [0, 0.1) is 0 Å². The van der Waals surface area contributed by atoms with Crippen molar-refractivity contribution in [3.8, 4) is 5.75 Å². The van der Waals surface area contributed by atoms with E-state index in [2.05, 4.69) is 21.1 Å². The summed E-state index contributed by atoms with van der Waals surface area (Å²) in [6, 6.07) is 8.55. The number of morpholine rings is 1. The molecule has 6 nitrogen and oxygen atoms in total. The first-order chi connectivity index (χ1) is 12.6. The van der Waals surface area contributed by atoms with Crippen LogP contribution in [-0.2, 0) is 14.8 Å². The van der Waals surface area contributed by atoms with Gasteiger partial charge >= 0.3 is 0 Å². The zero-order valence-corrected chi connectivity index (χ0v) is 16.4. The molecule has 0 saturated carbocycles. The Labute approximate surface area is 158 Å². The van der Waals surface area contributed by atoms with Gasteiger partial charge in [-0.3, -0.25) is 4.90 Å². The lowest BCUT2D eigenvalue weighted by atomic mass is 10.1. The monoisotopic (exact) mass is 396 g/mol. The fourth-order valence-electron chi connectivity index (χ4n) is 2.97. The Hall–Kier alpha value is -1.45. The molecule has 1 atom stereocenters. The van der Waals surface area contributed by atoms with Crippen LogP contribution < -0.4 is 9.46 Å². The molecule has 0 spiro atoms. The quantitative estimate of drug-likeness (QED) is 0.743. The number of ether oxygens (including phenoxy) is 2. The maximum Gasteiger partial charge on any atom is 0.240 e. The summed E-state index contributed by atoms with van der Waals surface area (Å²) in [4.78, 5) is 2.51. The molecule has 0 amide bonds. The van der Waals surface area contributed by atoms with Gasteiger partial charge in [0.05, 0.1) is 24.7 Å². The summed E-state index contributed by atoms with van der Waals surface area (Å²) in [5.74, 6) is 0.663. The van der Waals surface area contributed by atoms with Crippen molar-refractivity contribution < 1.29 is 17.9 Å². The van der Waals surface area contributed by atoms with Crippen LogP contribution in [0.2, 0.25) is 0 Å². The van der Waals surface area contributed by atoms with Crippen LogP contribution >= 0.6 is 11.3 Å². The van der Waals surface area contributed by atoms with E-state index in [9.17, 15) is 8.42 Å². The predicted octanol–water partition coefficient (Wildman–Crippen LogP) is 2.50. The van der Waals surface area contributed by atoms with Gasteiger partial charge in [-0.15, -0.1) is 0 Å². The molecule has 0 aliphatic carbocycles. The van der Waals surface area contributed by atoms with Crippen molar-refractivity contribution >= 4 is 21.4 Å². The molecule has 1 fully saturated rings. The van der Waals surface area contributed by atoms with E-state index in [1.807, 2.05) is 12.3 Å². The van der Waals surface area contributed by atoms with Crippen LogP contribution in [0.1, 0.15) is 18.5 Å². The first-order valence-electron chi connectivity index (χ1n) is 8.66. The normalized spacial score (nSPS) is 17.1. The number of nitrogens with one attached hydrogen (secondary N) is 1. The van der Waals surface area contributed by atoms with Gasteiger partial charge in [0, 0.05) is 25.7 Å². The predicted molar refractivity (Wildman–Crippen MR) is 102 cm³/mol. The van der Waals surface area contributed by atoms with Gasteiger partial charge in [0.2, 0.25) is 10.0 Å².